The van der Waals surface area contributed by atoms with Crippen LogP contribution in [0.1, 0.15) is 0 Å². The van der Waals surface area contributed by atoms with Crippen molar-refractivity contribution < 1.29 is 4.39 Å². The molecule has 14 heavy (non-hydrogen) atoms. The van der Waals surface area contributed by atoms with E-state index in [-0.39, 0.29) is 11.5 Å². The lowest BCUT2D eigenvalue weighted by Gasteiger charge is -1.97. The van der Waals surface area contributed by atoms with Crippen LogP contribution >= 0.6 is 15.9 Å². The topological polar surface area (TPSA) is 30.7 Å². The van der Waals surface area contributed by atoms with Crippen LogP contribution in [0.3, 0.4) is 0 Å². The quantitative estimate of drug-likeness (QED) is 0.784. The van der Waals surface area contributed by atoms with Gasteiger partial charge in [-0.2, -0.15) is 5.10 Å². The Hall–Kier alpha value is -1.23. The van der Waals surface area contributed by atoms with E-state index >= 15 is 0 Å². The lowest BCUT2D eigenvalue weighted by Crippen LogP contribution is -1.92. The summed E-state index contributed by atoms with van der Waals surface area (Å²) in [4.78, 5) is 3.94. The molecule has 2 aromatic rings. The van der Waals surface area contributed by atoms with E-state index in [4.69, 9.17) is 0 Å². The second-order valence-corrected chi connectivity index (χ2v) is 3.69. The molecule has 0 aromatic carbocycles. The summed E-state index contributed by atoms with van der Waals surface area (Å²) in [7, 11) is 1.77. The van der Waals surface area contributed by atoms with Gasteiger partial charge in [-0.05, 0) is 28.1 Å². The number of hydrogen-bond acceptors (Lipinski definition) is 2. The molecular formula is C9H7BrFN3. The molecule has 0 saturated carbocycles. The minimum Gasteiger partial charge on any atom is -0.274 e. The molecule has 0 bridgehead atoms. The van der Waals surface area contributed by atoms with Crippen molar-refractivity contribution in [2.24, 2.45) is 7.05 Å². The standard InChI is InChI=1S/C9H7BrFN3/c1-14-5-6(10)8(13-14)9-7(11)3-2-4-12-9/h2-5H,1H3. The van der Waals surface area contributed by atoms with Gasteiger partial charge in [-0.1, -0.05) is 0 Å². The highest BCUT2D eigenvalue weighted by Gasteiger charge is 2.12. The summed E-state index contributed by atoms with van der Waals surface area (Å²) in [5, 5.41) is 4.11. The average Bonchev–Trinajstić information content (AvgIpc) is 2.46. The highest BCUT2D eigenvalue weighted by Crippen LogP contribution is 2.26. The van der Waals surface area contributed by atoms with Crippen LogP contribution < -0.4 is 0 Å². The lowest BCUT2D eigenvalue weighted by atomic mass is 10.2. The van der Waals surface area contributed by atoms with E-state index in [9.17, 15) is 4.39 Å². The monoisotopic (exact) mass is 255 g/mol. The molecule has 0 fully saturated rings. The molecule has 2 rings (SSSR count). The van der Waals surface area contributed by atoms with Crippen LogP contribution in [-0.2, 0) is 7.05 Å². The normalized spacial score (nSPS) is 10.5. The van der Waals surface area contributed by atoms with Gasteiger partial charge in [-0.25, -0.2) is 4.39 Å². The molecule has 0 unspecified atom stereocenters. The van der Waals surface area contributed by atoms with E-state index in [0.717, 1.165) is 4.47 Å². The Balaban J connectivity index is 2.60. The van der Waals surface area contributed by atoms with Gasteiger partial charge in [0.05, 0.1) is 4.47 Å². The summed E-state index contributed by atoms with van der Waals surface area (Å²) in [6, 6.07) is 2.92. The zero-order valence-corrected chi connectivity index (χ0v) is 8.99. The van der Waals surface area contributed by atoms with Crippen molar-refractivity contribution in [2.75, 3.05) is 0 Å². The zero-order chi connectivity index (χ0) is 10.1. The van der Waals surface area contributed by atoms with Gasteiger partial charge < -0.3 is 0 Å². The number of aromatic nitrogens is 3. The number of pyridine rings is 1. The van der Waals surface area contributed by atoms with Gasteiger partial charge in [0, 0.05) is 19.4 Å². The Kier molecular flexibility index (Phi) is 2.33. The van der Waals surface area contributed by atoms with Crippen molar-refractivity contribution in [3.63, 3.8) is 0 Å². The lowest BCUT2D eigenvalue weighted by molar-refractivity contribution is 0.624. The molecule has 0 N–H and O–H groups in total. The van der Waals surface area contributed by atoms with Crippen LogP contribution in [0, 0.1) is 5.82 Å². The summed E-state index contributed by atoms with van der Waals surface area (Å²) in [6.07, 6.45) is 3.29. The van der Waals surface area contributed by atoms with Crippen LogP contribution in [0.4, 0.5) is 4.39 Å². The molecule has 0 spiro atoms. The van der Waals surface area contributed by atoms with Gasteiger partial charge in [-0.3, -0.25) is 9.67 Å². The predicted octanol–water partition coefficient (Wildman–Crippen LogP) is 2.38. The number of nitrogens with zero attached hydrogens (tertiary/aromatic N) is 3. The molecule has 3 nitrogen and oxygen atoms in total. The van der Waals surface area contributed by atoms with E-state index in [1.807, 2.05) is 0 Å². The summed E-state index contributed by atoms with van der Waals surface area (Å²) >= 11 is 3.30. The highest BCUT2D eigenvalue weighted by molar-refractivity contribution is 9.10. The summed E-state index contributed by atoms with van der Waals surface area (Å²) in [6.45, 7) is 0. The van der Waals surface area contributed by atoms with Crippen LogP contribution in [-0.4, -0.2) is 14.8 Å². The Morgan fingerprint density at radius 1 is 1.43 bits per heavy atom. The maximum Gasteiger partial charge on any atom is 0.151 e. The van der Waals surface area contributed by atoms with E-state index in [0.29, 0.717) is 5.69 Å². The van der Waals surface area contributed by atoms with Gasteiger partial charge in [0.1, 0.15) is 11.4 Å². The van der Waals surface area contributed by atoms with Crippen molar-refractivity contribution in [3.8, 4) is 11.4 Å². The van der Waals surface area contributed by atoms with Crippen molar-refractivity contribution in [3.05, 3.63) is 34.8 Å². The van der Waals surface area contributed by atoms with Crippen molar-refractivity contribution in [1.82, 2.24) is 14.8 Å². The minimum absolute atomic E-state index is 0.264. The van der Waals surface area contributed by atoms with Crippen molar-refractivity contribution in [1.29, 1.82) is 0 Å². The van der Waals surface area contributed by atoms with Gasteiger partial charge in [0.2, 0.25) is 0 Å². The number of hydrogen-bond donors (Lipinski definition) is 0. The third kappa shape index (κ3) is 1.55. The predicted molar refractivity (Wildman–Crippen MR) is 54.1 cm³/mol. The molecule has 0 aliphatic heterocycles. The Morgan fingerprint density at radius 3 is 2.79 bits per heavy atom. The number of rotatable bonds is 1. The van der Waals surface area contributed by atoms with Crippen LogP contribution in [0.25, 0.3) is 11.4 Å². The summed E-state index contributed by atoms with van der Waals surface area (Å²) < 4.78 is 15.7. The third-order valence-electron chi connectivity index (χ3n) is 1.77. The van der Waals surface area contributed by atoms with E-state index in [1.165, 1.54) is 6.07 Å². The number of halogens is 2. The smallest absolute Gasteiger partial charge is 0.151 e. The molecular weight excluding hydrogens is 249 g/mol. The zero-order valence-electron chi connectivity index (χ0n) is 7.41. The van der Waals surface area contributed by atoms with E-state index in [2.05, 4.69) is 26.0 Å². The minimum atomic E-state index is -0.369. The number of aryl methyl sites for hydroxylation is 1. The van der Waals surface area contributed by atoms with Gasteiger partial charge >= 0.3 is 0 Å². The first kappa shape index (κ1) is 9.33. The van der Waals surface area contributed by atoms with Crippen molar-refractivity contribution in [2.45, 2.75) is 0 Å². The molecule has 2 aromatic heterocycles. The molecule has 0 aliphatic carbocycles. The largest absolute Gasteiger partial charge is 0.274 e. The third-order valence-corrected chi connectivity index (χ3v) is 2.35. The fraction of sp³-hybridized carbons (Fsp3) is 0.111. The van der Waals surface area contributed by atoms with E-state index in [1.54, 1.807) is 30.2 Å². The molecule has 72 valence electrons. The second-order valence-electron chi connectivity index (χ2n) is 2.83. The SMILES string of the molecule is Cn1cc(Br)c(-c2ncccc2F)n1. The first-order valence-electron chi connectivity index (χ1n) is 3.98. The molecule has 0 aliphatic rings. The Bertz CT molecular complexity index is 467. The Labute approximate surface area is 88.7 Å². The molecule has 5 heteroatoms. The maximum absolute atomic E-state index is 13.3. The first-order valence-corrected chi connectivity index (χ1v) is 4.78. The van der Waals surface area contributed by atoms with Crippen LogP contribution in [0.2, 0.25) is 0 Å². The highest BCUT2D eigenvalue weighted by atomic mass is 79.9. The second kappa shape index (κ2) is 3.49. The van der Waals surface area contributed by atoms with Crippen LogP contribution in [0.5, 0.6) is 0 Å². The maximum atomic E-state index is 13.3. The van der Waals surface area contributed by atoms with Gasteiger partial charge in [0.15, 0.2) is 5.82 Å². The fourth-order valence-electron chi connectivity index (χ4n) is 1.18. The Morgan fingerprint density at radius 2 is 2.21 bits per heavy atom. The summed E-state index contributed by atoms with van der Waals surface area (Å²) in [5.41, 5.74) is 0.783. The molecule has 0 amide bonds. The summed E-state index contributed by atoms with van der Waals surface area (Å²) in [5.74, 6) is -0.369. The molecule has 0 saturated heterocycles. The molecule has 2 heterocycles. The van der Waals surface area contributed by atoms with Crippen LogP contribution in [0.15, 0.2) is 29.0 Å². The molecule has 0 radical (unpaired) electrons. The van der Waals surface area contributed by atoms with Crippen molar-refractivity contribution >= 4 is 15.9 Å². The van der Waals surface area contributed by atoms with E-state index < -0.39 is 0 Å². The fourth-order valence-corrected chi connectivity index (χ4v) is 1.74. The average molecular weight is 256 g/mol. The molecule has 0 atom stereocenters. The van der Waals surface area contributed by atoms with Gasteiger partial charge in [0.25, 0.3) is 0 Å². The first-order chi connectivity index (χ1) is 6.68. The van der Waals surface area contributed by atoms with Gasteiger partial charge in [-0.15, -0.1) is 0 Å².